The summed E-state index contributed by atoms with van der Waals surface area (Å²) in [6.45, 7) is 5.17. The van der Waals surface area contributed by atoms with Crippen LogP contribution in [0.15, 0.2) is 30.3 Å². The Hall–Kier alpha value is -1.42. The number of carboxylic acid groups (broad SMARTS) is 1. The molecule has 0 aliphatic rings. The summed E-state index contributed by atoms with van der Waals surface area (Å²) < 4.78 is 5.63. The number of rotatable bonds is 9. The van der Waals surface area contributed by atoms with Gasteiger partial charge >= 0.3 is 5.97 Å². The van der Waals surface area contributed by atoms with Crippen LogP contribution in [0.3, 0.4) is 0 Å². The van der Waals surface area contributed by atoms with Gasteiger partial charge in [-0.25, -0.2) is 4.79 Å². The second-order valence-electron chi connectivity index (χ2n) is 4.88. The first kappa shape index (κ1) is 16.6. The quantitative estimate of drug-likeness (QED) is 0.553. The van der Waals surface area contributed by atoms with Crippen LogP contribution >= 0.6 is 11.8 Å². The average molecular weight is 294 g/mol. The molecule has 0 atom stereocenters. The molecule has 0 aromatic heterocycles. The maximum absolute atomic E-state index is 10.4. The van der Waals surface area contributed by atoms with Crippen molar-refractivity contribution in [2.75, 3.05) is 18.1 Å². The van der Waals surface area contributed by atoms with E-state index < -0.39 is 5.97 Å². The fourth-order valence-corrected chi connectivity index (χ4v) is 2.53. The first-order valence-corrected chi connectivity index (χ1v) is 7.95. The molecule has 0 bridgehead atoms. The van der Waals surface area contributed by atoms with Crippen LogP contribution in [0, 0.1) is 5.92 Å². The number of aliphatic carboxylic acids is 1. The summed E-state index contributed by atoms with van der Waals surface area (Å²) in [7, 11) is 0. The predicted octanol–water partition coefficient (Wildman–Crippen LogP) is 3.94. The molecule has 1 rings (SSSR count). The molecule has 0 spiro atoms. The van der Waals surface area contributed by atoms with Gasteiger partial charge < -0.3 is 9.84 Å². The minimum absolute atomic E-state index is 0.701. The van der Waals surface area contributed by atoms with Crippen molar-refractivity contribution in [2.24, 2.45) is 5.92 Å². The van der Waals surface area contributed by atoms with Crippen molar-refractivity contribution in [3.05, 3.63) is 35.9 Å². The third-order valence-corrected chi connectivity index (χ3v) is 3.61. The summed E-state index contributed by atoms with van der Waals surface area (Å²) in [5.74, 6) is 2.81. The Bertz CT molecular complexity index is 424. The molecule has 20 heavy (non-hydrogen) atoms. The number of benzene rings is 1. The van der Waals surface area contributed by atoms with Gasteiger partial charge in [0, 0.05) is 11.8 Å². The summed E-state index contributed by atoms with van der Waals surface area (Å²) in [5.41, 5.74) is 0.853. The molecule has 0 heterocycles. The fraction of sp³-hybridized carbons (Fsp3) is 0.438. The number of thioether (sulfide) groups is 1. The summed E-state index contributed by atoms with van der Waals surface area (Å²) in [4.78, 5) is 10.4. The van der Waals surface area contributed by atoms with Gasteiger partial charge in [0.15, 0.2) is 0 Å². The van der Waals surface area contributed by atoms with Crippen LogP contribution in [0.1, 0.15) is 25.8 Å². The van der Waals surface area contributed by atoms with Gasteiger partial charge in [-0.15, -0.1) is 0 Å². The van der Waals surface area contributed by atoms with Crippen molar-refractivity contribution in [1.29, 1.82) is 0 Å². The van der Waals surface area contributed by atoms with E-state index in [4.69, 9.17) is 9.84 Å². The SMILES string of the molecule is CC(C)CCSCCOc1ccc(/C=C/C(=O)O)cc1. The van der Waals surface area contributed by atoms with Gasteiger partial charge in [-0.2, -0.15) is 11.8 Å². The molecule has 4 heteroatoms. The molecule has 0 amide bonds. The number of carboxylic acids is 1. The Morgan fingerprint density at radius 2 is 2.00 bits per heavy atom. The van der Waals surface area contributed by atoms with Crippen LogP contribution in [-0.4, -0.2) is 29.2 Å². The Morgan fingerprint density at radius 1 is 1.30 bits per heavy atom. The molecule has 0 saturated heterocycles. The summed E-state index contributed by atoms with van der Waals surface area (Å²) >= 11 is 1.91. The standard InChI is InChI=1S/C16H22O3S/c1-13(2)9-11-20-12-10-19-15-6-3-14(4-7-15)5-8-16(17)18/h3-8,13H,9-12H2,1-2H3,(H,17,18)/b8-5+. The minimum atomic E-state index is -0.941. The lowest BCUT2D eigenvalue weighted by Gasteiger charge is -2.07. The van der Waals surface area contributed by atoms with Crippen LogP contribution in [0.5, 0.6) is 5.75 Å². The van der Waals surface area contributed by atoms with E-state index >= 15 is 0 Å². The van der Waals surface area contributed by atoms with Gasteiger partial charge in [0.05, 0.1) is 6.61 Å². The molecule has 0 saturated carbocycles. The number of hydrogen-bond donors (Lipinski definition) is 1. The highest BCUT2D eigenvalue weighted by molar-refractivity contribution is 7.99. The van der Waals surface area contributed by atoms with E-state index in [2.05, 4.69) is 13.8 Å². The van der Waals surface area contributed by atoms with E-state index in [0.29, 0.717) is 6.61 Å². The van der Waals surface area contributed by atoms with Gasteiger partial charge in [0.1, 0.15) is 5.75 Å². The topological polar surface area (TPSA) is 46.5 Å². The van der Waals surface area contributed by atoms with E-state index in [1.165, 1.54) is 12.2 Å². The third kappa shape index (κ3) is 7.89. The second kappa shape index (κ2) is 9.48. The van der Waals surface area contributed by atoms with Crippen molar-refractivity contribution in [2.45, 2.75) is 20.3 Å². The van der Waals surface area contributed by atoms with E-state index in [1.807, 2.05) is 36.0 Å². The van der Waals surface area contributed by atoms with Crippen LogP contribution in [0.4, 0.5) is 0 Å². The van der Waals surface area contributed by atoms with Gasteiger partial charge in [-0.3, -0.25) is 0 Å². The number of ether oxygens (including phenoxy) is 1. The van der Waals surface area contributed by atoms with Crippen molar-refractivity contribution in [3.8, 4) is 5.75 Å². The zero-order valence-corrected chi connectivity index (χ0v) is 12.9. The van der Waals surface area contributed by atoms with Crippen molar-refractivity contribution in [3.63, 3.8) is 0 Å². The third-order valence-electron chi connectivity index (χ3n) is 2.63. The lowest BCUT2D eigenvalue weighted by molar-refractivity contribution is -0.131. The Morgan fingerprint density at radius 3 is 2.60 bits per heavy atom. The van der Waals surface area contributed by atoms with Crippen LogP contribution in [0.2, 0.25) is 0 Å². The fourth-order valence-electron chi connectivity index (χ4n) is 1.48. The molecular weight excluding hydrogens is 272 g/mol. The monoisotopic (exact) mass is 294 g/mol. The predicted molar refractivity (Wildman–Crippen MR) is 85.4 cm³/mol. The highest BCUT2D eigenvalue weighted by Gasteiger charge is 1.97. The van der Waals surface area contributed by atoms with Crippen molar-refractivity contribution >= 4 is 23.8 Å². The summed E-state index contributed by atoms with van der Waals surface area (Å²) in [6.07, 6.45) is 3.93. The van der Waals surface area contributed by atoms with Crippen LogP contribution in [-0.2, 0) is 4.79 Å². The Kier molecular flexibility index (Phi) is 7.88. The van der Waals surface area contributed by atoms with Crippen molar-refractivity contribution in [1.82, 2.24) is 0 Å². The largest absolute Gasteiger partial charge is 0.493 e. The maximum atomic E-state index is 10.4. The normalized spacial score (nSPS) is 11.2. The van der Waals surface area contributed by atoms with E-state index in [1.54, 1.807) is 6.08 Å². The van der Waals surface area contributed by atoms with E-state index in [0.717, 1.165) is 29.1 Å². The summed E-state index contributed by atoms with van der Waals surface area (Å²) in [5, 5.41) is 8.54. The first-order valence-electron chi connectivity index (χ1n) is 6.79. The molecule has 1 N–H and O–H groups in total. The first-order chi connectivity index (χ1) is 9.58. The molecule has 110 valence electrons. The highest BCUT2D eigenvalue weighted by Crippen LogP contribution is 2.14. The zero-order valence-electron chi connectivity index (χ0n) is 12.0. The maximum Gasteiger partial charge on any atom is 0.328 e. The van der Waals surface area contributed by atoms with Gasteiger partial charge in [-0.05, 0) is 41.9 Å². The van der Waals surface area contributed by atoms with E-state index in [-0.39, 0.29) is 0 Å². The zero-order chi connectivity index (χ0) is 14.8. The lowest BCUT2D eigenvalue weighted by atomic mass is 10.2. The molecule has 0 unspecified atom stereocenters. The molecule has 0 aliphatic carbocycles. The molecule has 1 aromatic rings. The smallest absolute Gasteiger partial charge is 0.328 e. The number of hydrogen-bond acceptors (Lipinski definition) is 3. The minimum Gasteiger partial charge on any atom is -0.493 e. The molecule has 0 aliphatic heterocycles. The number of carbonyl (C=O) groups is 1. The molecule has 3 nitrogen and oxygen atoms in total. The molecule has 0 radical (unpaired) electrons. The van der Waals surface area contributed by atoms with E-state index in [9.17, 15) is 4.79 Å². The Labute approximate surface area is 125 Å². The van der Waals surface area contributed by atoms with Gasteiger partial charge in [-0.1, -0.05) is 26.0 Å². The van der Waals surface area contributed by atoms with Crippen LogP contribution < -0.4 is 4.74 Å². The summed E-state index contributed by atoms with van der Waals surface area (Å²) in [6, 6.07) is 7.42. The lowest BCUT2D eigenvalue weighted by Crippen LogP contribution is -2.01. The second-order valence-corrected chi connectivity index (χ2v) is 6.11. The van der Waals surface area contributed by atoms with Crippen LogP contribution in [0.25, 0.3) is 6.08 Å². The highest BCUT2D eigenvalue weighted by atomic mass is 32.2. The Balaban J connectivity index is 2.23. The van der Waals surface area contributed by atoms with Gasteiger partial charge in [0.25, 0.3) is 0 Å². The molecule has 0 fully saturated rings. The van der Waals surface area contributed by atoms with Gasteiger partial charge in [0.2, 0.25) is 0 Å². The average Bonchev–Trinajstić information content (AvgIpc) is 2.41. The molecule has 1 aromatic carbocycles. The van der Waals surface area contributed by atoms with Crippen molar-refractivity contribution < 1.29 is 14.6 Å². The molecular formula is C16H22O3S.